The molecule has 0 heterocycles. The average molecular weight is 481 g/mol. The molecule has 0 spiro atoms. The summed E-state index contributed by atoms with van der Waals surface area (Å²) >= 11 is 0. The Labute approximate surface area is 194 Å². The molecule has 2 aromatic rings. The number of aryl methyl sites for hydroxylation is 1. The predicted molar refractivity (Wildman–Crippen MR) is 115 cm³/mol. The van der Waals surface area contributed by atoms with Crippen molar-refractivity contribution < 1.29 is 31.1 Å². The van der Waals surface area contributed by atoms with Crippen LogP contribution in [0.2, 0.25) is 0 Å². The fourth-order valence-electron chi connectivity index (χ4n) is 4.29. The fourth-order valence-corrected chi connectivity index (χ4v) is 4.29. The maximum Gasteiger partial charge on any atom is 0.432 e. The van der Waals surface area contributed by atoms with Gasteiger partial charge in [-0.1, -0.05) is 12.2 Å². The number of rotatable bonds is 9. The SMILES string of the molecule is N#Cc1ccc(OC(F)(F)c2c(F)cc(CCC3CCC(/C=C/CCF)CC3)cc2F)cc1F. The topological polar surface area (TPSA) is 33.0 Å². The van der Waals surface area contributed by atoms with E-state index in [4.69, 9.17) is 5.26 Å². The Balaban J connectivity index is 1.62. The van der Waals surface area contributed by atoms with Gasteiger partial charge in [0.2, 0.25) is 0 Å². The Morgan fingerprint density at radius 2 is 1.68 bits per heavy atom. The van der Waals surface area contributed by atoms with Gasteiger partial charge in [-0.2, -0.15) is 14.0 Å². The highest BCUT2D eigenvalue weighted by Crippen LogP contribution is 2.37. The zero-order valence-electron chi connectivity index (χ0n) is 18.5. The molecular weight excluding hydrogens is 456 g/mol. The molecule has 2 aromatic carbocycles. The van der Waals surface area contributed by atoms with Crippen LogP contribution in [0, 0.1) is 40.6 Å². The van der Waals surface area contributed by atoms with Crippen LogP contribution in [0.4, 0.5) is 26.3 Å². The van der Waals surface area contributed by atoms with Crippen molar-refractivity contribution in [2.45, 2.75) is 51.1 Å². The van der Waals surface area contributed by atoms with E-state index in [-0.39, 0.29) is 17.8 Å². The summed E-state index contributed by atoms with van der Waals surface area (Å²) in [7, 11) is 0. The van der Waals surface area contributed by atoms with Crippen molar-refractivity contribution in [3.63, 3.8) is 0 Å². The van der Waals surface area contributed by atoms with E-state index < -0.39 is 34.9 Å². The third-order valence-electron chi connectivity index (χ3n) is 6.12. The lowest BCUT2D eigenvalue weighted by Gasteiger charge is -2.27. The summed E-state index contributed by atoms with van der Waals surface area (Å²) in [4.78, 5) is 0. The number of benzene rings is 2. The first-order valence-corrected chi connectivity index (χ1v) is 11.2. The highest BCUT2D eigenvalue weighted by molar-refractivity contribution is 5.37. The first-order valence-electron chi connectivity index (χ1n) is 11.2. The van der Waals surface area contributed by atoms with Crippen molar-refractivity contribution >= 4 is 0 Å². The minimum atomic E-state index is -4.39. The van der Waals surface area contributed by atoms with Gasteiger partial charge in [0.25, 0.3) is 0 Å². The molecule has 182 valence electrons. The Bertz CT molecular complexity index is 1030. The Hall–Kier alpha value is -2.95. The minimum absolute atomic E-state index is 0.268. The second-order valence-corrected chi connectivity index (χ2v) is 8.53. The highest BCUT2D eigenvalue weighted by Gasteiger charge is 2.41. The van der Waals surface area contributed by atoms with Crippen molar-refractivity contribution in [3.05, 3.63) is 76.6 Å². The van der Waals surface area contributed by atoms with Gasteiger partial charge < -0.3 is 4.74 Å². The molecule has 0 bridgehead atoms. The molecule has 0 N–H and O–H groups in total. The summed E-state index contributed by atoms with van der Waals surface area (Å²) in [5.74, 6) is -3.86. The Morgan fingerprint density at radius 3 is 2.26 bits per heavy atom. The Morgan fingerprint density at radius 1 is 1.00 bits per heavy atom. The largest absolute Gasteiger partial charge is 0.432 e. The van der Waals surface area contributed by atoms with E-state index in [1.807, 2.05) is 12.2 Å². The number of allylic oxidation sites excluding steroid dienone is 2. The van der Waals surface area contributed by atoms with E-state index in [1.165, 1.54) is 6.07 Å². The molecule has 8 heteroatoms. The normalized spacial score (nSPS) is 18.7. The summed E-state index contributed by atoms with van der Waals surface area (Å²) in [6.45, 7) is -0.371. The highest BCUT2D eigenvalue weighted by atomic mass is 19.3. The van der Waals surface area contributed by atoms with Crippen molar-refractivity contribution in [3.8, 4) is 11.8 Å². The molecule has 1 aliphatic carbocycles. The van der Waals surface area contributed by atoms with Crippen molar-refractivity contribution in [1.82, 2.24) is 0 Å². The number of alkyl halides is 3. The summed E-state index contributed by atoms with van der Waals surface area (Å²) < 4.78 is 88.3. The maximum absolute atomic E-state index is 14.5. The van der Waals surface area contributed by atoms with E-state index in [0.29, 0.717) is 37.2 Å². The van der Waals surface area contributed by atoms with Crippen LogP contribution in [0.15, 0.2) is 42.5 Å². The molecular formula is C26H25F6NO. The zero-order chi connectivity index (χ0) is 24.7. The molecule has 0 radical (unpaired) electrons. The first kappa shape index (κ1) is 25.7. The van der Waals surface area contributed by atoms with Gasteiger partial charge in [-0.25, -0.2) is 13.2 Å². The lowest BCUT2D eigenvalue weighted by Crippen LogP contribution is -2.25. The van der Waals surface area contributed by atoms with E-state index in [2.05, 4.69) is 4.74 Å². The summed E-state index contributed by atoms with van der Waals surface area (Å²) in [5, 5.41) is 8.70. The summed E-state index contributed by atoms with van der Waals surface area (Å²) in [6, 6.07) is 5.70. The van der Waals surface area contributed by atoms with Gasteiger partial charge >= 0.3 is 6.11 Å². The van der Waals surface area contributed by atoms with Gasteiger partial charge in [-0.3, -0.25) is 4.39 Å². The fraction of sp³-hybridized carbons (Fsp3) is 0.423. The predicted octanol–water partition coefficient (Wildman–Crippen LogP) is 7.76. The van der Waals surface area contributed by atoms with E-state index >= 15 is 0 Å². The standard InChI is InChI=1S/C26H25F6NO/c27-12-2-1-3-17-4-6-18(7-5-17)8-9-19-13-23(29)25(24(30)14-19)26(31,32)34-21-11-10-20(16-33)22(28)15-21/h1,3,10-11,13-15,17-18H,2,4-9,12H2/b3-1+. The number of nitrogens with zero attached hydrogens (tertiary/aromatic N) is 1. The average Bonchev–Trinajstić information content (AvgIpc) is 2.78. The monoisotopic (exact) mass is 481 g/mol. The molecule has 0 saturated heterocycles. The molecule has 1 fully saturated rings. The zero-order valence-corrected chi connectivity index (χ0v) is 18.5. The lowest BCUT2D eigenvalue weighted by atomic mass is 9.79. The molecule has 3 rings (SSSR count). The smallest absolute Gasteiger partial charge is 0.429 e. The van der Waals surface area contributed by atoms with Gasteiger partial charge in [0.1, 0.15) is 34.8 Å². The van der Waals surface area contributed by atoms with Crippen LogP contribution in [0.1, 0.15) is 55.2 Å². The lowest BCUT2D eigenvalue weighted by molar-refractivity contribution is -0.189. The third-order valence-corrected chi connectivity index (χ3v) is 6.12. The molecule has 34 heavy (non-hydrogen) atoms. The first-order chi connectivity index (χ1) is 16.2. The van der Waals surface area contributed by atoms with Gasteiger partial charge in [-0.05, 0) is 86.6 Å². The Kier molecular flexibility index (Phi) is 8.65. The van der Waals surface area contributed by atoms with Crippen LogP contribution in [0.3, 0.4) is 0 Å². The van der Waals surface area contributed by atoms with Crippen LogP contribution in [0.25, 0.3) is 0 Å². The number of hydrogen-bond donors (Lipinski definition) is 0. The van der Waals surface area contributed by atoms with Crippen molar-refractivity contribution in [1.29, 1.82) is 5.26 Å². The van der Waals surface area contributed by atoms with Crippen LogP contribution in [0.5, 0.6) is 5.75 Å². The second-order valence-electron chi connectivity index (χ2n) is 8.53. The molecule has 0 aromatic heterocycles. The molecule has 1 saturated carbocycles. The number of halogens is 6. The number of ether oxygens (including phenoxy) is 1. The third kappa shape index (κ3) is 6.55. The number of hydrogen-bond acceptors (Lipinski definition) is 2. The van der Waals surface area contributed by atoms with Gasteiger partial charge in [0.05, 0.1) is 12.2 Å². The maximum atomic E-state index is 14.5. The van der Waals surface area contributed by atoms with E-state index in [1.54, 1.807) is 0 Å². The minimum Gasteiger partial charge on any atom is -0.429 e. The van der Waals surface area contributed by atoms with Crippen LogP contribution in [-0.4, -0.2) is 6.67 Å². The summed E-state index contributed by atoms with van der Waals surface area (Å²) in [6.07, 6.45) is 4.78. The van der Waals surface area contributed by atoms with Crippen molar-refractivity contribution in [2.24, 2.45) is 11.8 Å². The van der Waals surface area contributed by atoms with Crippen LogP contribution < -0.4 is 4.74 Å². The quantitative estimate of drug-likeness (QED) is 0.271. The summed E-state index contributed by atoms with van der Waals surface area (Å²) in [5.41, 5.74) is -1.66. The van der Waals surface area contributed by atoms with Crippen LogP contribution >= 0.6 is 0 Å². The van der Waals surface area contributed by atoms with Crippen LogP contribution in [-0.2, 0) is 12.5 Å². The van der Waals surface area contributed by atoms with Gasteiger partial charge in [-0.15, -0.1) is 0 Å². The second kappa shape index (κ2) is 11.5. The molecule has 0 amide bonds. The molecule has 0 aliphatic heterocycles. The van der Waals surface area contributed by atoms with Crippen molar-refractivity contribution in [2.75, 3.05) is 6.67 Å². The molecule has 2 nitrogen and oxygen atoms in total. The molecule has 0 atom stereocenters. The van der Waals surface area contributed by atoms with E-state index in [9.17, 15) is 26.3 Å². The van der Waals surface area contributed by atoms with E-state index in [0.717, 1.165) is 49.9 Å². The molecule has 0 unspecified atom stereocenters. The number of nitriles is 1. The van der Waals surface area contributed by atoms with Gasteiger partial charge in [0, 0.05) is 6.07 Å². The van der Waals surface area contributed by atoms with Gasteiger partial charge in [0.15, 0.2) is 0 Å². The molecule has 1 aliphatic rings.